The predicted octanol–water partition coefficient (Wildman–Crippen LogP) is -1.85. The lowest BCUT2D eigenvalue weighted by Gasteiger charge is -2.32. The minimum absolute atomic E-state index is 0.0968. The second kappa shape index (κ2) is 5.94. The first-order valence-electron chi connectivity index (χ1n) is 6.55. The van der Waals surface area contributed by atoms with Gasteiger partial charge in [0.15, 0.2) is 0 Å². The third kappa shape index (κ3) is 2.96. The number of ether oxygens (including phenoxy) is 1. The van der Waals surface area contributed by atoms with Crippen LogP contribution in [0.4, 0.5) is 0 Å². The molecule has 0 aromatic rings. The topological polar surface area (TPSA) is 107 Å². The van der Waals surface area contributed by atoms with Crippen molar-refractivity contribution in [2.24, 2.45) is 5.92 Å². The Morgan fingerprint density at radius 3 is 2.05 bits per heavy atom. The molecule has 2 unspecified atom stereocenters. The van der Waals surface area contributed by atoms with Gasteiger partial charge in [0.2, 0.25) is 0 Å². The van der Waals surface area contributed by atoms with Crippen molar-refractivity contribution in [3.05, 3.63) is 0 Å². The lowest BCUT2D eigenvalue weighted by Crippen LogP contribution is -2.47. The van der Waals surface area contributed by atoms with Gasteiger partial charge in [-0.15, -0.1) is 0 Å². The standard InChI is InChI=1S/C11H20N2O6S/c1-19-11(16)8-2-4-12(5-3-8)20(17,18)13-6-9(14)10(15)7-13/h8-10,14-15H,2-7H2,1H3. The summed E-state index contributed by atoms with van der Waals surface area (Å²) in [7, 11) is -2.37. The van der Waals surface area contributed by atoms with Gasteiger partial charge in [0, 0.05) is 26.2 Å². The fourth-order valence-corrected chi connectivity index (χ4v) is 4.26. The highest BCUT2D eigenvalue weighted by atomic mass is 32.2. The van der Waals surface area contributed by atoms with Crippen molar-refractivity contribution >= 4 is 16.2 Å². The summed E-state index contributed by atoms with van der Waals surface area (Å²) in [6.07, 6.45) is -1.25. The Balaban J connectivity index is 1.97. The average Bonchev–Trinajstić information content (AvgIpc) is 2.78. The molecule has 0 saturated carbocycles. The van der Waals surface area contributed by atoms with Crippen LogP contribution in [-0.2, 0) is 19.7 Å². The Morgan fingerprint density at radius 2 is 1.60 bits per heavy atom. The van der Waals surface area contributed by atoms with Crippen LogP contribution in [0, 0.1) is 5.92 Å². The number of rotatable bonds is 3. The number of nitrogens with zero attached hydrogens (tertiary/aromatic N) is 2. The summed E-state index contributed by atoms with van der Waals surface area (Å²) >= 11 is 0. The zero-order chi connectivity index (χ0) is 14.9. The molecule has 8 nitrogen and oxygen atoms in total. The van der Waals surface area contributed by atoms with Crippen LogP contribution in [0.5, 0.6) is 0 Å². The summed E-state index contributed by atoms with van der Waals surface area (Å²) in [4.78, 5) is 11.4. The number of hydrogen-bond acceptors (Lipinski definition) is 6. The summed E-state index contributed by atoms with van der Waals surface area (Å²) in [5, 5.41) is 18.9. The van der Waals surface area contributed by atoms with Crippen molar-refractivity contribution in [2.45, 2.75) is 25.0 Å². The molecule has 0 aliphatic carbocycles. The maximum atomic E-state index is 12.3. The van der Waals surface area contributed by atoms with Gasteiger partial charge in [0.25, 0.3) is 10.2 Å². The minimum Gasteiger partial charge on any atom is -0.469 e. The lowest BCUT2D eigenvalue weighted by atomic mass is 9.99. The highest BCUT2D eigenvalue weighted by Gasteiger charge is 2.41. The molecule has 2 rings (SSSR count). The number of piperidine rings is 1. The van der Waals surface area contributed by atoms with E-state index in [1.165, 1.54) is 11.4 Å². The van der Waals surface area contributed by atoms with Gasteiger partial charge < -0.3 is 14.9 Å². The number of aliphatic hydroxyl groups is 2. The van der Waals surface area contributed by atoms with Gasteiger partial charge in [-0.25, -0.2) is 0 Å². The van der Waals surface area contributed by atoms with Gasteiger partial charge in [0.1, 0.15) is 0 Å². The van der Waals surface area contributed by atoms with E-state index in [9.17, 15) is 23.4 Å². The molecule has 0 aromatic heterocycles. The summed E-state index contributed by atoms with van der Waals surface area (Å²) < 4.78 is 31.7. The highest BCUT2D eigenvalue weighted by Crippen LogP contribution is 2.24. The van der Waals surface area contributed by atoms with Crippen molar-refractivity contribution in [1.29, 1.82) is 0 Å². The predicted molar refractivity (Wildman–Crippen MR) is 68.8 cm³/mol. The molecule has 0 bridgehead atoms. The van der Waals surface area contributed by atoms with Crippen molar-refractivity contribution in [3.8, 4) is 0 Å². The third-order valence-electron chi connectivity index (χ3n) is 3.87. The van der Waals surface area contributed by atoms with Crippen LogP contribution in [-0.4, -0.2) is 78.7 Å². The molecule has 0 radical (unpaired) electrons. The van der Waals surface area contributed by atoms with E-state index in [0.29, 0.717) is 12.8 Å². The Morgan fingerprint density at radius 1 is 1.10 bits per heavy atom. The quantitative estimate of drug-likeness (QED) is 0.593. The van der Waals surface area contributed by atoms with Crippen LogP contribution in [0.1, 0.15) is 12.8 Å². The first-order chi connectivity index (χ1) is 9.36. The fraction of sp³-hybridized carbons (Fsp3) is 0.909. The zero-order valence-corrected chi connectivity index (χ0v) is 12.1. The molecule has 0 spiro atoms. The molecule has 9 heteroatoms. The van der Waals surface area contributed by atoms with Crippen LogP contribution in [0.25, 0.3) is 0 Å². The van der Waals surface area contributed by atoms with E-state index in [2.05, 4.69) is 4.74 Å². The van der Waals surface area contributed by atoms with E-state index in [1.54, 1.807) is 0 Å². The van der Waals surface area contributed by atoms with Gasteiger partial charge in [-0.3, -0.25) is 4.79 Å². The average molecular weight is 308 g/mol. The molecule has 20 heavy (non-hydrogen) atoms. The fourth-order valence-electron chi connectivity index (χ4n) is 2.58. The van der Waals surface area contributed by atoms with Crippen molar-refractivity contribution in [3.63, 3.8) is 0 Å². The van der Waals surface area contributed by atoms with Crippen LogP contribution in [0.2, 0.25) is 0 Å². The number of aliphatic hydroxyl groups excluding tert-OH is 2. The first kappa shape index (κ1) is 15.6. The van der Waals surface area contributed by atoms with Crippen molar-refractivity contribution in [2.75, 3.05) is 33.3 Å². The summed E-state index contributed by atoms with van der Waals surface area (Å²) in [6.45, 7) is 0.288. The number of esters is 1. The zero-order valence-electron chi connectivity index (χ0n) is 11.3. The van der Waals surface area contributed by atoms with Crippen LogP contribution in [0.3, 0.4) is 0 Å². The SMILES string of the molecule is COC(=O)C1CCN(S(=O)(=O)N2CC(O)C(O)C2)CC1. The molecule has 0 amide bonds. The monoisotopic (exact) mass is 308 g/mol. The smallest absolute Gasteiger partial charge is 0.308 e. The van der Waals surface area contributed by atoms with Gasteiger partial charge in [-0.1, -0.05) is 0 Å². The summed E-state index contributed by atoms with van der Waals surface area (Å²) in [6, 6.07) is 0. The third-order valence-corrected chi connectivity index (χ3v) is 5.84. The molecule has 2 aliphatic rings. The van der Waals surface area contributed by atoms with Crippen LogP contribution in [0.15, 0.2) is 0 Å². The number of carbonyl (C=O) groups is 1. The molecule has 2 aliphatic heterocycles. The molecule has 2 N–H and O–H groups in total. The highest BCUT2D eigenvalue weighted by molar-refractivity contribution is 7.86. The van der Waals surface area contributed by atoms with E-state index >= 15 is 0 Å². The Bertz CT molecular complexity index is 450. The molecular formula is C11H20N2O6S. The van der Waals surface area contributed by atoms with Gasteiger partial charge in [-0.2, -0.15) is 17.0 Å². The first-order valence-corrected chi connectivity index (χ1v) is 7.95. The molecule has 2 heterocycles. The maximum Gasteiger partial charge on any atom is 0.308 e. The molecule has 2 fully saturated rings. The Labute approximate surface area is 118 Å². The largest absolute Gasteiger partial charge is 0.469 e. The van der Waals surface area contributed by atoms with Crippen LogP contribution >= 0.6 is 0 Å². The van der Waals surface area contributed by atoms with Gasteiger partial charge >= 0.3 is 5.97 Å². The number of hydrogen-bond donors (Lipinski definition) is 2. The van der Waals surface area contributed by atoms with E-state index in [4.69, 9.17) is 0 Å². The maximum absolute atomic E-state index is 12.3. The summed E-state index contributed by atoms with van der Waals surface area (Å²) in [5.74, 6) is -0.574. The molecule has 2 saturated heterocycles. The number of β-amino-alcohol motifs (C(OH)–C–C–N with tert-alkyl or cyclic N) is 2. The normalized spacial score (nSPS) is 30.6. The lowest BCUT2D eigenvalue weighted by molar-refractivity contribution is -0.146. The van der Waals surface area contributed by atoms with E-state index < -0.39 is 22.4 Å². The van der Waals surface area contributed by atoms with Crippen molar-refractivity contribution < 1.29 is 28.2 Å². The van der Waals surface area contributed by atoms with Crippen LogP contribution < -0.4 is 0 Å². The second-order valence-electron chi connectivity index (χ2n) is 5.16. The number of carbonyl (C=O) groups excluding carboxylic acids is 1. The Hall–Kier alpha value is -0.740. The minimum atomic E-state index is -3.69. The van der Waals surface area contributed by atoms with E-state index in [0.717, 1.165) is 4.31 Å². The Kier molecular flexibility index (Phi) is 4.65. The van der Waals surface area contributed by atoms with Gasteiger partial charge in [0.05, 0.1) is 25.2 Å². The summed E-state index contributed by atoms with van der Waals surface area (Å²) in [5.41, 5.74) is 0. The van der Waals surface area contributed by atoms with Crippen molar-refractivity contribution in [1.82, 2.24) is 8.61 Å². The number of methoxy groups -OCH3 is 1. The molecular weight excluding hydrogens is 288 g/mol. The van der Waals surface area contributed by atoms with Gasteiger partial charge in [-0.05, 0) is 12.8 Å². The molecule has 2 atom stereocenters. The second-order valence-corrected chi connectivity index (χ2v) is 7.08. The molecule has 116 valence electrons. The van der Waals surface area contributed by atoms with E-state index in [1.807, 2.05) is 0 Å². The van der Waals surface area contributed by atoms with E-state index in [-0.39, 0.29) is 38.1 Å². The molecule has 0 aromatic carbocycles.